The van der Waals surface area contributed by atoms with Gasteiger partial charge in [0.25, 0.3) is 0 Å². The summed E-state index contributed by atoms with van der Waals surface area (Å²) in [5.74, 6) is 0.246. The zero-order chi connectivity index (χ0) is 12.5. The van der Waals surface area contributed by atoms with Crippen LogP contribution >= 0.6 is 0 Å². The summed E-state index contributed by atoms with van der Waals surface area (Å²) in [6, 6.07) is 10.0. The van der Waals surface area contributed by atoms with Crippen molar-refractivity contribution in [2.45, 2.75) is 32.4 Å². The molecule has 0 aliphatic carbocycles. The van der Waals surface area contributed by atoms with Gasteiger partial charge in [0.15, 0.2) is 0 Å². The number of hydrogen-bond donors (Lipinski definition) is 1. The van der Waals surface area contributed by atoms with Crippen molar-refractivity contribution in [2.24, 2.45) is 0 Å². The number of likely N-dealkylation sites (N-methyl/N-ethyl adjacent to an activating group) is 1. The van der Waals surface area contributed by atoms with Crippen LogP contribution in [0.25, 0.3) is 0 Å². The fraction of sp³-hybridized carbons (Fsp3) is 0.500. The number of Topliss-reactive ketones (excluding diaryl/α,β-unsaturated/α-hetero) is 1. The summed E-state index contributed by atoms with van der Waals surface area (Å²) in [5, 5.41) is 2.94. The van der Waals surface area contributed by atoms with Gasteiger partial charge in [-0.25, -0.2) is 0 Å². The Hall–Kier alpha value is -1.19. The Morgan fingerprint density at radius 1 is 1.35 bits per heavy atom. The van der Waals surface area contributed by atoms with Gasteiger partial charge in [-0.15, -0.1) is 0 Å². The molecule has 0 saturated carbocycles. The van der Waals surface area contributed by atoms with Gasteiger partial charge in [-0.2, -0.15) is 0 Å². The van der Waals surface area contributed by atoms with E-state index in [1.165, 1.54) is 5.56 Å². The van der Waals surface area contributed by atoms with Crippen molar-refractivity contribution < 1.29 is 9.53 Å². The summed E-state index contributed by atoms with van der Waals surface area (Å²) in [5.41, 5.74) is 1.17. The second kappa shape index (κ2) is 7.98. The van der Waals surface area contributed by atoms with Gasteiger partial charge in [0.1, 0.15) is 5.78 Å². The largest absolute Gasteiger partial charge is 0.377 e. The molecule has 0 saturated heterocycles. The molecule has 0 amide bonds. The Morgan fingerprint density at radius 2 is 2.06 bits per heavy atom. The molecule has 0 unspecified atom stereocenters. The van der Waals surface area contributed by atoms with Gasteiger partial charge in [0.05, 0.1) is 12.6 Å². The molecule has 0 aliphatic heterocycles. The first-order chi connectivity index (χ1) is 8.24. The predicted octanol–water partition coefficient (Wildman–Crippen LogP) is 2.16. The lowest BCUT2D eigenvalue weighted by atomic mass is 10.1. The van der Waals surface area contributed by atoms with Crippen LogP contribution in [0, 0.1) is 0 Å². The molecule has 0 spiro atoms. The Morgan fingerprint density at radius 3 is 2.71 bits per heavy atom. The highest BCUT2D eigenvalue weighted by molar-refractivity contribution is 5.83. The molecule has 0 radical (unpaired) electrons. The lowest BCUT2D eigenvalue weighted by Crippen LogP contribution is -2.30. The first-order valence-electron chi connectivity index (χ1n) is 6.05. The molecule has 94 valence electrons. The molecule has 3 nitrogen and oxygen atoms in total. The average molecular weight is 235 g/mol. The molecule has 0 aliphatic rings. The van der Waals surface area contributed by atoms with Crippen LogP contribution in [0.5, 0.6) is 0 Å². The maximum absolute atomic E-state index is 11.5. The second-order valence-corrected chi connectivity index (χ2v) is 4.12. The predicted molar refractivity (Wildman–Crippen MR) is 68.9 cm³/mol. The van der Waals surface area contributed by atoms with E-state index in [0.717, 1.165) is 6.42 Å². The van der Waals surface area contributed by atoms with E-state index in [1.807, 2.05) is 37.3 Å². The summed E-state index contributed by atoms with van der Waals surface area (Å²) in [6.07, 6.45) is 1.37. The molecule has 0 aromatic heterocycles. The number of rotatable bonds is 8. The fourth-order valence-corrected chi connectivity index (χ4v) is 1.49. The number of ketones is 1. The summed E-state index contributed by atoms with van der Waals surface area (Å²) in [7, 11) is 1.80. The van der Waals surface area contributed by atoms with Crippen LogP contribution in [0.15, 0.2) is 30.3 Å². The van der Waals surface area contributed by atoms with E-state index < -0.39 is 0 Å². The molecule has 0 bridgehead atoms. The van der Waals surface area contributed by atoms with Gasteiger partial charge >= 0.3 is 0 Å². The quantitative estimate of drug-likeness (QED) is 0.702. The van der Waals surface area contributed by atoms with Crippen molar-refractivity contribution in [3.05, 3.63) is 35.9 Å². The minimum absolute atomic E-state index is 0.0517. The molecule has 1 N–H and O–H groups in total. The van der Waals surface area contributed by atoms with Gasteiger partial charge in [0.2, 0.25) is 0 Å². The van der Waals surface area contributed by atoms with Crippen LogP contribution in [-0.4, -0.2) is 25.5 Å². The van der Waals surface area contributed by atoms with Gasteiger partial charge in [-0.1, -0.05) is 30.3 Å². The Balaban J connectivity index is 2.07. The number of ether oxygens (including phenoxy) is 1. The molecule has 1 aromatic carbocycles. The van der Waals surface area contributed by atoms with Crippen molar-refractivity contribution in [2.75, 3.05) is 13.7 Å². The first kappa shape index (κ1) is 13.9. The number of nitrogens with one attached hydrogen (secondary N) is 1. The highest BCUT2D eigenvalue weighted by Crippen LogP contribution is 2.02. The van der Waals surface area contributed by atoms with E-state index in [0.29, 0.717) is 19.6 Å². The zero-order valence-electron chi connectivity index (χ0n) is 10.6. The maximum Gasteiger partial charge on any atom is 0.149 e. The standard InChI is InChI=1S/C14H21NO2/c1-12(15-2)14(16)9-6-10-17-11-13-7-4-3-5-8-13/h3-5,7-8,12,15H,6,9-11H2,1-2H3/t12-/m0/s1. The van der Waals surface area contributed by atoms with Crippen molar-refractivity contribution in [3.8, 4) is 0 Å². The molecule has 1 aromatic rings. The third-order valence-corrected chi connectivity index (χ3v) is 2.74. The lowest BCUT2D eigenvalue weighted by Gasteiger charge is -2.08. The van der Waals surface area contributed by atoms with Gasteiger partial charge in [0, 0.05) is 13.0 Å². The molecule has 3 heteroatoms. The van der Waals surface area contributed by atoms with E-state index in [-0.39, 0.29) is 11.8 Å². The Bertz CT molecular complexity index is 324. The second-order valence-electron chi connectivity index (χ2n) is 4.12. The van der Waals surface area contributed by atoms with Crippen LogP contribution in [0.3, 0.4) is 0 Å². The number of hydrogen-bond acceptors (Lipinski definition) is 3. The molecular formula is C14H21NO2. The molecule has 0 heterocycles. The summed E-state index contributed by atoms with van der Waals surface area (Å²) >= 11 is 0. The topological polar surface area (TPSA) is 38.3 Å². The number of carbonyl (C=O) groups excluding carboxylic acids is 1. The summed E-state index contributed by atoms with van der Waals surface area (Å²) in [4.78, 5) is 11.5. The van der Waals surface area contributed by atoms with Crippen molar-refractivity contribution in [1.82, 2.24) is 5.32 Å². The highest BCUT2D eigenvalue weighted by atomic mass is 16.5. The number of carbonyl (C=O) groups is 1. The van der Waals surface area contributed by atoms with E-state index in [9.17, 15) is 4.79 Å². The maximum atomic E-state index is 11.5. The molecule has 0 fully saturated rings. The summed E-state index contributed by atoms with van der Waals surface area (Å²) < 4.78 is 5.51. The average Bonchev–Trinajstić information content (AvgIpc) is 2.38. The smallest absolute Gasteiger partial charge is 0.149 e. The van der Waals surface area contributed by atoms with Crippen molar-refractivity contribution >= 4 is 5.78 Å². The number of benzene rings is 1. The highest BCUT2D eigenvalue weighted by Gasteiger charge is 2.08. The first-order valence-corrected chi connectivity index (χ1v) is 6.05. The third-order valence-electron chi connectivity index (χ3n) is 2.74. The molecule has 17 heavy (non-hydrogen) atoms. The van der Waals surface area contributed by atoms with E-state index in [4.69, 9.17) is 4.74 Å². The van der Waals surface area contributed by atoms with Crippen molar-refractivity contribution in [3.63, 3.8) is 0 Å². The van der Waals surface area contributed by atoms with E-state index in [2.05, 4.69) is 5.32 Å². The van der Waals surface area contributed by atoms with Crippen LogP contribution in [0.4, 0.5) is 0 Å². The fourth-order valence-electron chi connectivity index (χ4n) is 1.49. The summed E-state index contributed by atoms with van der Waals surface area (Å²) in [6.45, 7) is 3.14. The zero-order valence-corrected chi connectivity index (χ0v) is 10.6. The van der Waals surface area contributed by atoms with Gasteiger partial charge < -0.3 is 10.1 Å². The monoisotopic (exact) mass is 235 g/mol. The van der Waals surface area contributed by atoms with Crippen molar-refractivity contribution in [1.29, 1.82) is 0 Å². The van der Waals surface area contributed by atoms with Crippen LogP contribution < -0.4 is 5.32 Å². The molecule has 1 atom stereocenters. The van der Waals surface area contributed by atoms with E-state index in [1.54, 1.807) is 7.05 Å². The lowest BCUT2D eigenvalue weighted by molar-refractivity contribution is -0.120. The Labute approximate surface area is 103 Å². The van der Waals surface area contributed by atoms with Gasteiger partial charge in [-0.3, -0.25) is 4.79 Å². The molecular weight excluding hydrogens is 214 g/mol. The van der Waals surface area contributed by atoms with Crippen LogP contribution in [-0.2, 0) is 16.1 Å². The third kappa shape index (κ3) is 5.61. The van der Waals surface area contributed by atoms with Crippen LogP contribution in [0.1, 0.15) is 25.3 Å². The SMILES string of the molecule is CN[C@@H](C)C(=O)CCCOCc1ccccc1. The van der Waals surface area contributed by atoms with Gasteiger partial charge in [-0.05, 0) is 26.0 Å². The normalized spacial score (nSPS) is 12.4. The Kier molecular flexibility index (Phi) is 6.51. The molecule has 1 rings (SSSR count). The minimum atomic E-state index is -0.0517. The minimum Gasteiger partial charge on any atom is -0.377 e. The van der Waals surface area contributed by atoms with E-state index >= 15 is 0 Å². The van der Waals surface area contributed by atoms with Crippen LogP contribution in [0.2, 0.25) is 0 Å².